The van der Waals surface area contributed by atoms with Gasteiger partial charge in [0.25, 0.3) is 5.56 Å². The van der Waals surface area contributed by atoms with Gasteiger partial charge in [0, 0.05) is 13.1 Å². The molecule has 0 spiro atoms. The van der Waals surface area contributed by atoms with Crippen LogP contribution in [-0.4, -0.2) is 35.1 Å². The number of hydrogen-bond acceptors (Lipinski definition) is 4. The van der Waals surface area contributed by atoms with Gasteiger partial charge in [-0.3, -0.25) is 9.20 Å². The minimum atomic E-state index is -1.28. The highest BCUT2D eigenvalue weighted by atomic mass is 19.1. The van der Waals surface area contributed by atoms with Gasteiger partial charge in [-0.25, -0.2) is 9.18 Å². The van der Waals surface area contributed by atoms with Crippen molar-refractivity contribution in [1.29, 1.82) is 0 Å². The van der Waals surface area contributed by atoms with Crippen molar-refractivity contribution in [2.45, 2.75) is 32.1 Å². The Balaban J connectivity index is 1.97. The van der Waals surface area contributed by atoms with Gasteiger partial charge >= 0.3 is 5.97 Å². The molecule has 1 aliphatic carbocycles. The summed E-state index contributed by atoms with van der Waals surface area (Å²) in [5.41, 5.74) is 7.44. The summed E-state index contributed by atoms with van der Waals surface area (Å²) in [5, 5.41) is 9.35. The summed E-state index contributed by atoms with van der Waals surface area (Å²) in [6.07, 6.45) is 3.98. The van der Waals surface area contributed by atoms with E-state index in [1.165, 1.54) is 10.5 Å². The molecular formula is C19H22FN3O3. The maximum Gasteiger partial charge on any atom is 0.341 e. The summed E-state index contributed by atoms with van der Waals surface area (Å²) < 4.78 is 16.1. The van der Waals surface area contributed by atoms with E-state index >= 15 is 0 Å². The van der Waals surface area contributed by atoms with Crippen molar-refractivity contribution in [3.05, 3.63) is 45.1 Å². The highest BCUT2D eigenvalue weighted by Crippen LogP contribution is 2.44. The van der Waals surface area contributed by atoms with Gasteiger partial charge in [-0.1, -0.05) is 0 Å². The second kappa shape index (κ2) is 6.09. The molecule has 7 heteroatoms. The van der Waals surface area contributed by atoms with Crippen molar-refractivity contribution in [2.75, 3.05) is 24.5 Å². The third kappa shape index (κ3) is 2.58. The van der Waals surface area contributed by atoms with Crippen molar-refractivity contribution in [3.63, 3.8) is 0 Å². The topological polar surface area (TPSA) is 88.0 Å². The molecule has 0 unspecified atom stereocenters. The number of nitrogens with two attached hydrogens (primary N) is 1. The largest absolute Gasteiger partial charge is 0.477 e. The van der Waals surface area contributed by atoms with Crippen LogP contribution in [0.4, 0.5) is 10.1 Å². The number of halogens is 1. The van der Waals surface area contributed by atoms with Crippen LogP contribution in [0.25, 0.3) is 5.52 Å². The first-order chi connectivity index (χ1) is 12.4. The Morgan fingerprint density at radius 1 is 1.38 bits per heavy atom. The molecule has 3 heterocycles. The molecule has 4 rings (SSSR count). The number of carboxylic acids is 1. The fourth-order valence-corrected chi connectivity index (χ4v) is 4.12. The van der Waals surface area contributed by atoms with E-state index in [-0.39, 0.29) is 11.5 Å². The summed E-state index contributed by atoms with van der Waals surface area (Å²) in [6.45, 7) is 3.81. The van der Waals surface area contributed by atoms with E-state index in [0.717, 1.165) is 37.6 Å². The maximum absolute atomic E-state index is 14.9. The highest BCUT2D eigenvalue weighted by molar-refractivity contribution is 5.89. The molecule has 26 heavy (non-hydrogen) atoms. The van der Waals surface area contributed by atoms with Crippen molar-refractivity contribution in [3.8, 4) is 0 Å². The van der Waals surface area contributed by atoms with Gasteiger partial charge < -0.3 is 15.7 Å². The molecule has 0 radical (unpaired) electrons. The van der Waals surface area contributed by atoms with Gasteiger partial charge in [0.2, 0.25) is 0 Å². The molecule has 2 aromatic rings. The molecule has 6 nitrogen and oxygen atoms in total. The Hall–Kier alpha value is -2.41. The third-order valence-electron chi connectivity index (χ3n) is 5.63. The Kier molecular flexibility index (Phi) is 3.99. The zero-order valence-corrected chi connectivity index (χ0v) is 14.7. The van der Waals surface area contributed by atoms with Crippen molar-refractivity contribution in [2.24, 2.45) is 11.7 Å². The number of carboxylic acid groups (broad SMARTS) is 1. The maximum atomic E-state index is 14.9. The lowest BCUT2D eigenvalue weighted by molar-refractivity contribution is 0.0694. The van der Waals surface area contributed by atoms with Gasteiger partial charge in [-0.05, 0) is 61.8 Å². The van der Waals surface area contributed by atoms with E-state index in [2.05, 4.69) is 0 Å². The SMILES string of the molecule is Cc1c(N2CC[C@@H](CN)C2)c(F)cn2c(=O)c(C(=O)O)cc(C3CC3)c12. The Bertz CT molecular complexity index is 965. The number of anilines is 1. The van der Waals surface area contributed by atoms with Crippen LogP contribution in [0.1, 0.15) is 46.7 Å². The van der Waals surface area contributed by atoms with Crippen LogP contribution in [0.15, 0.2) is 17.1 Å². The molecule has 1 atom stereocenters. The predicted molar refractivity (Wildman–Crippen MR) is 96.7 cm³/mol. The summed E-state index contributed by atoms with van der Waals surface area (Å²) >= 11 is 0. The lowest BCUT2D eigenvalue weighted by atomic mass is 10.0. The summed E-state index contributed by atoms with van der Waals surface area (Å²) in [4.78, 5) is 26.0. The number of fused-ring (bicyclic) bond motifs is 1. The van der Waals surface area contributed by atoms with E-state index in [4.69, 9.17) is 5.73 Å². The van der Waals surface area contributed by atoms with Crippen molar-refractivity contribution < 1.29 is 14.3 Å². The second-order valence-electron chi connectivity index (χ2n) is 7.40. The number of aryl methyl sites for hydroxylation is 1. The molecular weight excluding hydrogens is 337 g/mol. The van der Waals surface area contributed by atoms with Crippen LogP contribution in [0.2, 0.25) is 0 Å². The van der Waals surface area contributed by atoms with Crippen molar-refractivity contribution in [1.82, 2.24) is 4.40 Å². The van der Waals surface area contributed by atoms with E-state index in [1.54, 1.807) is 0 Å². The van der Waals surface area contributed by atoms with Gasteiger partial charge in [0.15, 0.2) is 5.82 Å². The van der Waals surface area contributed by atoms with Crippen LogP contribution < -0.4 is 16.2 Å². The monoisotopic (exact) mass is 359 g/mol. The van der Waals surface area contributed by atoms with Crippen molar-refractivity contribution >= 4 is 17.2 Å². The predicted octanol–water partition coefficient (Wildman–Crippen LogP) is 2.11. The zero-order valence-electron chi connectivity index (χ0n) is 14.7. The number of aromatic nitrogens is 1. The van der Waals surface area contributed by atoms with E-state index in [9.17, 15) is 19.1 Å². The smallest absolute Gasteiger partial charge is 0.341 e. The molecule has 2 aliphatic rings. The lowest BCUT2D eigenvalue weighted by Gasteiger charge is -2.24. The Morgan fingerprint density at radius 3 is 2.69 bits per heavy atom. The lowest BCUT2D eigenvalue weighted by Crippen LogP contribution is -2.27. The van der Waals surface area contributed by atoms with Gasteiger partial charge in [-0.2, -0.15) is 0 Å². The fourth-order valence-electron chi connectivity index (χ4n) is 4.12. The molecule has 1 saturated carbocycles. The third-order valence-corrected chi connectivity index (χ3v) is 5.63. The van der Waals surface area contributed by atoms with E-state index in [1.807, 2.05) is 11.8 Å². The van der Waals surface area contributed by atoms with Gasteiger partial charge in [0.1, 0.15) is 5.56 Å². The second-order valence-corrected chi connectivity index (χ2v) is 7.40. The minimum Gasteiger partial charge on any atom is -0.477 e. The van der Waals surface area contributed by atoms with Crippen LogP contribution in [0, 0.1) is 18.7 Å². The van der Waals surface area contributed by atoms with Crippen LogP contribution in [-0.2, 0) is 0 Å². The average Bonchev–Trinajstić information content (AvgIpc) is 3.33. The number of pyridine rings is 2. The molecule has 1 aliphatic heterocycles. The molecule has 0 bridgehead atoms. The zero-order chi connectivity index (χ0) is 18.6. The molecule has 0 aromatic carbocycles. The normalized spacial score (nSPS) is 20.1. The van der Waals surface area contributed by atoms with Gasteiger partial charge in [0.05, 0.1) is 17.4 Å². The summed E-state index contributed by atoms with van der Waals surface area (Å²) in [7, 11) is 0. The standard InChI is InChI=1S/C19H22FN3O3/c1-10-16-13(12-2-3-12)6-14(19(25)26)18(24)23(16)9-15(20)17(10)22-5-4-11(7-21)8-22/h6,9,11-12H,2-5,7-8,21H2,1H3,(H,25,26)/t11-/m0/s1. The Labute approximate surface area is 150 Å². The number of carbonyl (C=O) groups is 1. The number of nitrogens with zero attached hydrogens (tertiary/aromatic N) is 2. The highest BCUT2D eigenvalue weighted by Gasteiger charge is 2.32. The number of hydrogen-bond donors (Lipinski definition) is 2. The first kappa shape index (κ1) is 17.0. The van der Waals surface area contributed by atoms with E-state index in [0.29, 0.717) is 35.8 Å². The van der Waals surface area contributed by atoms with E-state index < -0.39 is 17.3 Å². The Morgan fingerprint density at radius 2 is 2.12 bits per heavy atom. The first-order valence-corrected chi connectivity index (χ1v) is 8.99. The van der Waals surface area contributed by atoms with Gasteiger partial charge in [-0.15, -0.1) is 0 Å². The van der Waals surface area contributed by atoms with Crippen LogP contribution >= 0.6 is 0 Å². The minimum absolute atomic E-state index is 0.232. The van der Waals surface area contributed by atoms with Crippen LogP contribution in [0.3, 0.4) is 0 Å². The molecule has 138 valence electrons. The first-order valence-electron chi connectivity index (χ1n) is 8.99. The fraction of sp³-hybridized carbons (Fsp3) is 0.474. The van der Waals surface area contributed by atoms with Crippen LogP contribution in [0.5, 0.6) is 0 Å². The molecule has 3 N–H and O–H groups in total. The average molecular weight is 359 g/mol. The molecule has 2 aromatic heterocycles. The summed E-state index contributed by atoms with van der Waals surface area (Å²) in [5.74, 6) is -1.21. The number of rotatable bonds is 4. The molecule has 1 saturated heterocycles. The summed E-state index contributed by atoms with van der Waals surface area (Å²) in [6, 6.07) is 1.49. The molecule has 2 fully saturated rings. The number of aromatic carboxylic acids is 1. The quantitative estimate of drug-likeness (QED) is 0.873. The molecule has 0 amide bonds.